The molecule has 4 N–H and O–H groups in total. The summed E-state index contributed by atoms with van der Waals surface area (Å²) in [5.41, 5.74) is 10.3. The van der Waals surface area contributed by atoms with E-state index in [9.17, 15) is 4.79 Å². The van der Waals surface area contributed by atoms with Crippen LogP contribution < -0.4 is 11.1 Å². The van der Waals surface area contributed by atoms with Gasteiger partial charge >= 0.3 is 0 Å². The third-order valence-corrected chi connectivity index (χ3v) is 4.46. The van der Waals surface area contributed by atoms with E-state index < -0.39 is 5.91 Å². The number of nitrogens with zero attached hydrogens (tertiary/aromatic N) is 1. The molecular weight excluding hydrogens is 392 g/mol. The van der Waals surface area contributed by atoms with Crippen molar-refractivity contribution in [3.05, 3.63) is 64.8 Å². The summed E-state index contributed by atoms with van der Waals surface area (Å²) in [6.07, 6.45) is 1.80. The zero-order valence-corrected chi connectivity index (χ0v) is 14.9. The highest BCUT2D eigenvalue weighted by atomic mass is 79.9. The molecule has 1 aromatic heterocycles. The van der Waals surface area contributed by atoms with Crippen molar-refractivity contribution >= 4 is 44.8 Å². The number of hydrogen-bond donors (Lipinski definition) is 3. The molecule has 2 aromatic carbocycles. The summed E-state index contributed by atoms with van der Waals surface area (Å²) in [4.78, 5) is 11.2. The van der Waals surface area contributed by atoms with Crippen LogP contribution in [-0.2, 0) is 5.33 Å². The third kappa shape index (κ3) is 3.44. The van der Waals surface area contributed by atoms with Crippen LogP contribution in [0, 0.1) is 0 Å². The fraction of sp³-hybridized carbons (Fsp3) is 0.0588. The highest BCUT2D eigenvalue weighted by Crippen LogP contribution is 2.30. The maximum atomic E-state index is 11.2. The standard InChI is InChI=1S/C17H14BrClN4O/c18-8-12-9-21-23-16(12)10-2-1-3-13(6-10)22-15-5-4-11(17(20)24)7-14(15)19/h1-7,9,22H,8H2,(H2,20,24)(H,21,23). The fourth-order valence-corrected chi connectivity index (χ4v) is 2.99. The summed E-state index contributed by atoms with van der Waals surface area (Å²) < 4.78 is 0. The highest BCUT2D eigenvalue weighted by Gasteiger charge is 2.09. The number of amides is 1. The van der Waals surface area contributed by atoms with Crippen LogP contribution in [0.25, 0.3) is 11.3 Å². The number of alkyl halides is 1. The van der Waals surface area contributed by atoms with E-state index in [1.54, 1.807) is 24.4 Å². The molecule has 0 aliphatic carbocycles. The second kappa shape index (κ2) is 7.07. The van der Waals surface area contributed by atoms with Crippen LogP contribution in [0.4, 0.5) is 11.4 Å². The molecule has 24 heavy (non-hydrogen) atoms. The Hall–Kier alpha value is -2.31. The number of H-pyrrole nitrogens is 1. The number of primary amides is 1. The Labute approximate surface area is 152 Å². The molecule has 0 spiro atoms. The number of nitrogens with one attached hydrogen (secondary N) is 2. The molecule has 3 rings (SSSR count). The number of nitrogens with two attached hydrogens (primary N) is 1. The number of anilines is 2. The first-order valence-corrected chi connectivity index (χ1v) is 8.63. The van der Waals surface area contributed by atoms with E-state index in [4.69, 9.17) is 17.3 Å². The van der Waals surface area contributed by atoms with Crippen molar-refractivity contribution in [2.75, 3.05) is 5.32 Å². The number of rotatable bonds is 5. The van der Waals surface area contributed by atoms with E-state index in [0.717, 1.165) is 27.8 Å². The minimum Gasteiger partial charge on any atom is -0.366 e. The topological polar surface area (TPSA) is 83.8 Å². The Kier molecular flexibility index (Phi) is 4.87. The van der Waals surface area contributed by atoms with E-state index in [1.165, 1.54) is 0 Å². The summed E-state index contributed by atoms with van der Waals surface area (Å²) >= 11 is 9.67. The molecule has 0 aliphatic heterocycles. The molecule has 1 heterocycles. The number of hydrogen-bond acceptors (Lipinski definition) is 3. The van der Waals surface area contributed by atoms with Gasteiger partial charge in [-0.25, -0.2) is 0 Å². The molecule has 0 radical (unpaired) electrons. The number of carbonyl (C=O) groups is 1. The number of aromatic amines is 1. The predicted octanol–water partition coefficient (Wildman–Crippen LogP) is 4.47. The maximum Gasteiger partial charge on any atom is 0.248 e. The molecule has 0 bridgehead atoms. The molecule has 0 aliphatic rings. The van der Waals surface area contributed by atoms with E-state index in [2.05, 4.69) is 31.4 Å². The van der Waals surface area contributed by atoms with Crippen molar-refractivity contribution in [2.45, 2.75) is 5.33 Å². The lowest BCUT2D eigenvalue weighted by atomic mass is 10.1. The van der Waals surface area contributed by atoms with Crippen LogP contribution in [0.15, 0.2) is 48.7 Å². The zero-order chi connectivity index (χ0) is 17.1. The molecule has 1 amide bonds. The van der Waals surface area contributed by atoms with Crippen molar-refractivity contribution in [3.63, 3.8) is 0 Å². The first-order valence-electron chi connectivity index (χ1n) is 7.13. The predicted molar refractivity (Wildman–Crippen MR) is 99.9 cm³/mol. The van der Waals surface area contributed by atoms with Crippen molar-refractivity contribution in [2.24, 2.45) is 5.73 Å². The van der Waals surface area contributed by atoms with Crippen molar-refractivity contribution < 1.29 is 4.79 Å². The lowest BCUT2D eigenvalue weighted by Crippen LogP contribution is -2.10. The summed E-state index contributed by atoms with van der Waals surface area (Å²) in [5.74, 6) is -0.507. The number of carbonyl (C=O) groups excluding carboxylic acids is 1. The van der Waals surface area contributed by atoms with Gasteiger partial charge < -0.3 is 11.1 Å². The average molecular weight is 406 g/mol. The summed E-state index contributed by atoms with van der Waals surface area (Å²) in [6.45, 7) is 0. The van der Waals surface area contributed by atoms with Gasteiger partial charge in [-0.15, -0.1) is 0 Å². The molecule has 0 unspecified atom stereocenters. The Morgan fingerprint density at radius 3 is 2.83 bits per heavy atom. The van der Waals surface area contributed by atoms with Crippen molar-refractivity contribution in [3.8, 4) is 11.3 Å². The SMILES string of the molecule is NC(=O)c1ccc(Nc2cccc(-c3[nH]ncc3CBr)c2)c(Cl)c1. The highest BCUT2D eigenvalue weighted by molar-refractivity contribution is 9.08. The van der Waals surface area contributed by atoms with Crippen LogP contribution in [-0.4, -0.2) is 16.1 Å². The van der Waals surface area contributed by atoms with E-state index in [-0.39, 0.29) is 0 Å². The Morgan fingerprint density at radius 2 is 2.12 bits per heavy atom. The minimum atomic E-state index is -0.507. The van der Waals surface area contributed by atoms with E-state index in [0.29, 0.717) is 16.3 Å². The van der Waals surface area contributed by atoms with E-state index in [1.807, 2.05) is 24.3 Å². The summed E-state index contributed by atoms with van der Waals surface area (Å²) in [7, 11) is 0. The van der Waals surface area contributed by atoms with Gasteiger partial charge in [0.15, 0.2) is 0 Å². The van der Waals surface area contributed by atoms with Gasteiger partial charge in [0, 0.05) is 27.7 Å². The molecule has 0 saturated heterocycles. The largest absolute Gasteiger partial charge is 0.366 e. The van der Waals surface area contributed by atoms with Crippen LogP contribution in [0.1, 0.15) is 15.9 Å². The van der Waals surface area contributed by atoms with Crippen molar-refractivity contribution in [1.82, 2.24) is 10.2 Å². The lowest BCUT2D eigenvalue weighted by Gasteiger charge is -2.11. The van der Waals surface area contributed by atoms with Gasteiger partial charge in [-0.1, -0.05) is 39.7 Å². The first kappa shape index (κ1) is 16.5. The van der Waals surface area contributed by atoms with Gasteiger partial charge in [0.25, 0.3) is 0 Å². The monoisotopic (exact) mass is 404 g/mol. The van der Waals surface area contributed by atoms with Gasteiger partial charge in [-0.2, -0.15) is 5.10 Å². The maximum absolute atomic E-state index is 11.2. The molecule has 7 heteroatoms. The van der Waals surface area contributed by atoms with Crippen LogP contribution in [0.2, 0.25) is 5.02 Å². The Balaban J connectivity index is 1.89. The molecular formula is C17H14BrClN4O. The Morgan fingerprint density at radius 1 is 1.29 bits per heavy atom. The number of benzene rings is 2. The average Bonchev–Trinajstić information content (AvgIpc) is 3.05. The lowest BCUT2D eigenvalue weighted by molar-refractivity contribution is 0.100. The number of halogens is 2. The normalized spacial score (nSPS) is 10.6. The van der Waals surface area contributed by atoms with Crippen LogP contribution in [0.3, 0.4) is 0 Å². The van der Waals surface area contributed by atoms with E-state index >= 15 is 0 Å². The van der Waals surface area contributed by atoms with Crippen molar-refractivity contribution in [1.29, 1.82) is 0 Å². The van der Waals surface area contributed by atoms with Gasteiger partial charge in [0.05, 0.1) is 22.6 Å². The fourth-order valence-electron chi connectivity index (χ4n) is 2.34. The third-order valence-electron chi connectivity index (χ3n) is 3.55. The Bertz CT molecular complexity index is 894. The van der Waals surface area contributed by atoms with Gasteiger partial charge in [-0.3, -0.25) is 9.89 Å². The minimum absolute atomic E-state index is 0.374. The first-order chi connectivity index (χ1) is 11.6. The van der Waals surface area contributed by atoms with Crippen LogP contribution in [0.5, 0.6) is 0 Å². The van der Waals surface area contributed by atoms with Gasteiger partial charge in [0.2, 0.25) is 5.91 Å². The molecule has 5 nitrogen and oxygen atoms in total. The molecule has 3 aromatic rings. The number of aromatic nitrogens is 2. The van der Waals surface area contributed by atoms with Gasteiger partial charge in [-0.05, 0) is 30.3 Å². The summed E-state index contributed by atoms with van der Waals surface area (Å²) in [6, 6.07) is 12.8. The molecule has 0 saturated carbocycles. The second-order valence-electron chi connectivity index (χ2n) is 5.17. The second-order valence-corrected chi connectivity index (χ2v) is 6.14. The molecule has 0 atom stereocenters. The van der Waals surface area contributed by atoms with Crippen LogP contribution >= 0.6 is 27.5 Å². The quantitative estimate of drug-likeness (QED) is 0.548. The smallest absolute Gasteiger partial charge is 0.248 e. The van der Waals surface area contributed by atoms with Gasteiger partial charge in [0.1, 0.15) is 0 Å². The summed E-state index contributed by atoms with van der Waals surface area (Å²) in [5, 5.41) is 11.5. The zero-order valence-electron chi connectivity index (χ0n) is 12.5. The molecule has 122 valence electrons. The molecule has 0 fully saturated rings.